The smallest absolute Gasteiger partial charge is 0.392 e. The maximum atomic E-state index is 11.9. The fourth-order valence-electron chi connectivity index (χ4n) is 2.13. The molecule has 0 aromatic heterocycles. The summed E-state index contributed by atoms with van der Waals surface area (Å²) in [4.78, 5) is 22.6. The third-order valence-corrected chi connectivity index (χ3v) is 3.36. The minimum absolute atomic E-state index is 0.00153. The number of alkyl halides is 3. The number of esters is 2. The maximum absolute atomic E-state index is 11.9. The summed E-state index contributed by atoms with van der Waals surface area (Å²) in [5.41, 5.74) is 0.0473. The standard InChI is InChI=1S/C15H21F3O5/c1-11(8-21-9-12-4-2-3-5-12)14(20)23-10-13(19)22-7-6-15(16,17)18/h12H,1-10H2. The zero-order chi connectivity index (χ0) is 17.3. The lowest BCUT2D eigenvalue weighted by Gasteiger charge is -2.11. The molecule has 1 aliphatic carbocycles. The van der Waals surface area contributed by atoms with Gasteiger partial charge < -0.3 is 14.2 Å². The first-order chi connectivity index (χ1) is 10.8. The van der Waals surface area contributed by atoms with E-state index in [0.717, 1.165) is 12.8 Å². The van der Waals surface area contributed by atoms with Crippen LogP contribution in [0.2, 0.25) is 0 Å². The molecule has 1 fully saturated rings. The Kier molecular flexibility index (Phi) is 8.08. The third kappa shape index (κ3) is 9.22. The van der Waals surface area contributed by atoms with Crippen LogP contribution in [-0.4, -0.2) is 44.5 Å². The largest absolute Gasteiger partial charge is 0.463 e. The molecule has 1 aliphatic rings. The Balaban J connectivity index is 2.09. The molecule has 0 N–H and O–H groups in total. The molecular formula is C15H21F3O5. The summed E-state index contributed by atoms with van der Waals surface area (Å²) in [5, 5.41) is 0. The first kappa shape index (κ1) is 19.5. The molecule has 0 bridgehead atoms. The van der Waals surface area contributed by atoms with E-state index in [0.29, 0.717) is 12.5 Å². The average molecular weight is 338 g/mol. The molecule has 0 radical (unpaired) electrons. The van der Waals surface area contributed by atoms with Gasteiger partial charge in [0.2, 0.25) is 0 Å². The van der Waals surface area contributed by atoms with Gasteiger partial charge in [-0.05, 0) is 18.8 Å². The van der Waals surface area contributed by atoms with Gasteiger partial charge >= 0.3 is 18.1 Å². The molecule has 0 spiro atoms. The van der Waals surface area contributed by atoms with Crippen LogP contribution in [0.1, 0.15) is 32.1 Å². The van der Waals surface area contributed by atoms with Crippen molar-refractivity contribution < 1.29 is 37.0 Å². The van der Waals surface area contributed by atoms with Crippen molar-refractivity contribution in [2.24, 2.45) is 5.92 Å². The van der Waals surface area contributed by atoms with E-state index in [1.54, 1.807) is 0 Å². The van der Waals surface area contributed by atoms with Gasteiger partial charge in [0.15, 0.2) is 6.61 Å². The Morgan fingerprint density at radius 1 is 1.09 bits per heavy atom. The summed E-state index contributed by atoms with van der Waals surface area (Å²) in [6, 6.07) is 0. The number of carbonyl (C=O) groups is 2. The van der Waals surface area contributed by atoms with Crippen molar-refractivity contribution in [3.8, 4) is 0 Å². The van der Waals surface area contributed by atoms with Crippen LogP contribution < -0.4 is 0 Å². The van der Waals surface area contributed by atoms with Crippen molar-refractivity contribution in [2.75, 3.05) is 26.4 Å². The van der Waals surface area contributed by atoms with E-state index in [1.165, 1.54) is 12.8 Å². The first-order valence-corrected chi connectivity index (χ1v) is 7.43. The zero-order valence-electron chi connectivity index (χ0n) is 12.8. The van der Waals surface area contributed by atoms with Crippen LogP contribution in [0.3, 0.4) is 0 Å². The van der Waals surface area contributed by atoms with Crippen molar-refractivity contribution in [3.63, 3.8) is 0 Å². The molecule has 0 heterocycles. The molecule has 0 saturated heterocycles. The second-order valence-corrected chi connectivity index (χ2v) is 5.43. The van der Waals surface area contributed by atoms with Gasteiger partial charge in [-0.25, -0.2) is 9.59 Å². The Bertz CT molecular complexity index is 414. The molecule has 132 valence electrons. The van der Waals surface area contributed by atoms with Gasteiger partial charge in [-0.3, -0.25) is 0 Å². The van der Waals surface area contributed by atoms with Crippen molar-refractivity contribution in [3.05, 3.63) is 12.2 Å². The molecule has 0 atom stereocenters. The Labute approximate surface area is 132 Å². The molecule has 0 amide bonds. The summed E-state index contributed by atoms with van der Waals surface area (Å²) < 4.78 is 49.8. The maximum Gasteiger partial charge on any atom is 0.392 e. The highest BCUT2D eigenvalue weighted by atomic mass is 19.4. The number of hydrogen-bond donors (Lipinski definition) is 0. The second kappa shape index (κ2) is 9.54. The molecule has 1 saturated carbocycles. The first-order valence-electron chi connectivity index (χ1n) is 7.43. The van der Waals surface area contributed by atoms with E-state index < -0.39 is 37.7 Å². The lowest BCUT2D eigenvalue weighted by Crippen LogP contribution is -2.21. The van der Waals surface area contributed by atoms with E-state index in [9.17, 15) is 22.8 Å². The van der Waals surface area contributed by atoms with Crippen molar-refractivity contribution in [2.45, 2.75) is 38.3 Å². The van der Waals surface area contributed by atoms with E-state index in [4.69, 9.17) is 4.74 Å². The van der Waals surface area contributed by atoms with Crippen LogP contribution in [0.4, 0.5) is 13.2 Å². The Hall–Kier alpha value is -1.57. The quantitative estimate of drug-likeness (QED) is 0.478. The van der Waals surface area contributed by atoms with Crippen molar-refractivity contribution in [1.82, 2.24) is 0 Å². The van der Waals surface area contributed by atoms with Crippen LogP contribution in [-0.2, 0) is 23.8 Å². The monoisotopic (exact) mass is 338 g/mol. The van der Waals surface area contributed by atoms with Crippen LogP contribution >= 0.6 is 0 Å². The van der Waals surface area contributed by atoms with Crippen LogP contribution in [0.25, 0.3) is 0 Å². The summed E-state index contributed by atoms with van der Waals surface area (Å²) >= 11 is 0. The van der Waals surface area contributed by atoms with Gasteiger partial charge in [0, 0.05) is 6.61 Å². The minimum atomic E-state index is -4.40. The van der Waals surface area contributed by atoms with Crippen molar-refractivity contribution in [1.29, 1.82) is 0 Å². The van der Waals surface area contributed by atoms with Crippen molar-refractivity contribution >= 4 is 11.9 Å². The van der Waals surface area contributed by atoms with E-state index in [1.807, 2.05) is 0 Å². The fourth-order valence-corrected chi connectivity index (χ4v) is 2.13. The van der Waals surface area contributed by atoms with Crippen LogP contribution in [0.5, 0.6) is 0 Å². The van der Waals surface area contributed by atoms with Gasteiger partial charge in [0.05, 0.1) is 18.6 Å². The molecule has 23 heavy (non-hydrogen) atoms. The summed E-state index contributed by atoms with van der Waals surface area (Å²) in [5.74, 6) is -1.37. The fraction of sp³-hybridized carbons (Fsp3) is 0.733. The number of rotatable bonds is 9. The molecule has 5 nitrogen and oxygen atoms in total. The van der Waals surface area contributed by atoms with E-state index >= 15 is 0 Å². The predicted molar refractivity (Wildman–Crippen MR) is 74.5 cm³/mol. The van der Waals surface area contributed by atoms with Gasteiger partial charge in [-0.15, -0.1) is 0 Å². The van der Waals surface area contributed by atoms with Gasteiger partial charge in [0.25, 0.3) is 0 Å². The highest BCUT2D eigenvalue weighted by Crippen LogP contribution is 2.24. The number of halogens is 3. The molecule has 0 aromatic rings. The lowest BCUT2D eigenvalue weighted by atomic mass is 10.1. The minimum Gasteiger partial charge on any atom is -0.463 e. The van der Waals surface area contributed by atoms with Crippen LogP contribution in [0.15, 0.2) is 12.2 Å². The number of hydrogen-bond acceptors (Lipinski definition) is 5. The summed E-state index contributed by atoms with van der Waals surface area (Å²) in [6.07, 6.45) is -1.04. The number of ether oxygens (including phenoxy) is 3. The molecule has 0 aromatic carbocycles. The predicted octanol–water partition coefficient (Wildman–Crippen LogP) is 2.79. The third-order valence-electron chi connectivity index (χ3n) is 3.36. The normalized spacial score (nSPS) is 15.4. The molecule has 8 heteroatoms. The van der Waals surface area contributed by atoms with Crippen LogP contribution in [0, 0.1) is 5.92 Å². The van der Waals surface area contributed by atoms with Gasteiger partial charge in [-0.2, -0.15) is 13.2 Å². The second-order valence-electron chi connectivity index (χ2n) is 5.43. The summed E-state index contributed by atoms with van der Waals surface area (Å²) in [6.45, 7) is 2.48. The zero-order valence-corrected chi connectivity index (χ0v) is 12.8. The van der Waals surface area contributed by atoms with Gasteiger partial charge in [-0.1, -0.05) is 19.4 Å². The van der Waals surface area contributed by atoms with E-state index in [2.05, 4.69) is 16.1 Å². The topological polar surface area (TPSA) is 61.8 Å². The number of carbonyl (C=O) groups excluding carboxylic acids is 2. The van der Waals surface area contributed by atoms with E-state index in [-0.39, 0.29) is 12.2 Å². The summed E-state index contributed by atoms with van der Waals surface area (Å²) in [7, 11) is 0. The SMILES string of the molecule is C=C(COCC1CCCC1)C(=O)OCC(=O)OCCC(F)(F)F. The highest BCUT2D eigenvalue weighted by molar-refractivity contribution is 5.89. The molecule has 0 unspecified atom stereocenters. The molecule has 0 aliphatic heterocycles. The lowest BCUT2D eigenvalue weighted by molar-refractivity contribution is -0.166. The Morgan fingerprint density at radius 2 is 1.74 bits per heavy atom. The average Bonchev–Trinajstić information content (AvgIpc) is 2.96. The Morgan fingerprint density at radius 3 is 2.35 bits per heavy atom. The van der Waals surface area contributed by atoms with Gasteiger partial charge in [0.1, 0.15) is 6.61 Å². The highest BCUT2D eigenvalue weighted by Gasteiger charge is 2.27. The molecular weight excluding hydrogens is 317 g/mol. The molecule has 1 rings (SSSR count).